The summed E-state index contributed by atoms with van der Waals surface area (Å²) in [6.45, 7) is 6.53. The Bertz CT molecular complexity index is 659. The zero-order valence-electron chi connectivity index (χ0n) is 12.6. The molecule has 3 rings (SSSR count). The standard InChI is InChI=1S/C17H22N3/c1-13-9-5-6-10-14(13)19-15-11-7-8-12-16(15)20(4,18)17(19,2)3/h5-12H,18H2,1-4H3/q+1. The van der Waals surface area contributed by atoms with E-state index >= 15 is 0 Å². The maximum atomic E-state index is 6.64. The van der Waals surface area contributed by atoms with E-state index in [1.807, 2.05) is 0 Å². The van der Waals surface area contributed by atoms with Gasteiger partial charge >= 0.3 is 0 Å². The van der Waals surface area contributed by atoms with Gasteiger partial charge in [0.05, 0.1) is 12.7 Å². The van der Waals surface area contributed by atoms with E-state index in [1.54, 1.807) is 0 Å². The van der Waals surface area contributed by atoms with Gasteiger partial charge in [-0.3, -0.25) is 4.90 Å². The third kappa shape index (κ3) is 1.54. The average Bonchev–Trinajstić information content (AvgIpc) is 2.56. The van der Waals surface area contributed by atoms with E-state index < -0.39 is 0 Å². The first-order valence-electron chi connectivity index (χ1n) is 6.98. The van der Waals surface area contributed by atoms with Crippen LogP contribution in [0.4, 0.5) is 17.1 Å². The fourth-order valence-corrected chi connectivity index (χ4v) is 3.08. The monoisotopic (exact) mass is 268 g/mol. The van der Waals surface area contributed by atoms with Crippen molar-refractivity contribution in [3.05, 3.63) is 54.1 Å². The number of aryl methyl sites for hydroxylation is 1. The van der Waals surface area contributed by atoms with Crippen LogP contribution < -0.4 is 15.3 Å². The second-order valence-electron chi connectivity index (χ2n) is 6.18. The molecule has 0 amide bonds. The number of nitrogens with zero attached hydrogens (tertiary/aromatic N) is 2. The largest absolute Gasteiger partial charge is 0.282 e. The topological polar surface area (TPSA) is 29.3 Å². The molecule has 0 spiro atoms. The lowest BCUT2D eigenvalue weighted by Gasteiger charge is -2.41. The predicted molar refractivity (Wildman–Crippen MR) is 85.7 cm³/mol. The highest BCUT2D eigenvalue weighted by molar-refractivity contribution is 5.83. The number of para-hydroxylation sites is 3. The Labute approximate surface area is 120 Å². The van der Waals surface area contributed by atoms with Crippen LogP contribution in [0.2, 0.25) is 0 Å². The van der Waals surface area contributed by atoms with Gasteiger partial charge in [-0.15, -0.1) is 0 Å². The van der Waals surface area contributed by atoms with Crippen molar-refractivity contribution < 1.29 is 0 Å². The van der Waals surface area contributed by atoms with Crippen molar-refractivity contribution in [1.29, 1.82) is 0 Å². The Morgan fingerprint density at radius 1 is 0.950 bits per heavy atom. The van der Waals surface area contributed by atoms with Gasteiger partial charge in [0.2, 0.25) is 0 Å². The lowest BCUT2D eigenvalue weighted by molar-refractivity contribution is 0.188. The Morgan fingerprint density at radius 2 is 1.50 bits per heavy atom. The van der Waals surface area contributed by atoms with Crippen LogP contribution in [0.15, 0.2) is 48.5 Å². The number of hydrogen-bond donors (Lipinski definition) is 1. The van der Waals surface area contributed by atoms with Gasteiger partial charge in [0.15, 0.2) is 11.4 Å². The molecule has 104 valence electrons. The van der Waals surface area contributed by atoms with Gasteiger partial charge < -0.3 is 0 Å². The molecule has 3 heteroatoms. The van der Waals surface area contributed by atoms with Gasteiger partial charge in [0, 0.05) is 19.9 Å². The van der Waals surface area contributed by atoms with Crippen LogP contribution >= 0.6 is 0 Å². The summed E-state index contributed by atoms with van der Waals surface area (Å²) in [5.74, 6) is 6.64. The number of fused-ring (bicyclic) bond motifs is 1. The molecule has 0 fully saturated rings. The molecule has 20 heavy (non-hydrogen) atoms. The fraction of sp³-hybridized carbons (Fsp3) is 0.294. The summed E-state index contributed by atoms with van der Waals surface area (Å²) in [5.41, 5.74) is 4.59. The highest BCUT2D eigenvalue weighted by Gasteiger charge is 2.54. The zero-order valence-corrected chi connectivity index (χ0v) is 12.6. The molecular formula is C17H22N3+. The summed E-state index contributed by atoms with van der Waals surface area (Å²) < 4.78 is 0.359. The van der Waals surface area contributed by atoms with E-state index in [9.17, 15) is 0 Å². The summed E-state index contributed by atoms with van der Waals surface area (Å²) in [6, 6.07) is 16.9. The Kier molecular flexibility index (Phi) is 2.68. The Balaban J connectivity index is 2.29. The second-order valence-corrected chi connectivity index (χ2v) is 6.18. The summed E-state index contributed by atoms with van der Waals surface area (Å²) >= 11 is 0. The minimum absolute atomic E-state index is 0.240. The molecule has 1 aliphatic rings. The number of hydrogen-bond acceptors (Lipinski definition) is 2. The molecule has 1 atom stereocenters. The van der Waals surface area contributed by atoms with Gasteiger partial charge in [0.25, 0.3) is 0 Å². The molecule has 0 aliphatic carbocycles. The van der Waals surface area contributed by atoms with Gasteiger partial charge in [0.1, 0.15) is 5.69 Å². The van der Waals surface area contributed by atoms with Gasteiger partial charge in [-0.1, -0.05) is 30.3 Å². The molecule has 2 aromatic carbocycles. The second kappa shape index (κ2) is 4.08. The molecule has 0 saturated carbocycles. The van der Waals surface area contributed by atoms with Crippen molar-refractivity contribution in [2.45, 2.75) is 26.4 Å². The quantitative estimate of drug-likeness (QED) is 0.631. The first kappa shape index (κ1) is 13.2. The van der Waals surface area contributed by atoms with E-state index in [4.69, 9.17) is 5.84 Å². The lowest BCUT2D eigenvalue weighted by atomic mass is 10.1. The molecule has 0 radical (unpaired) electrons. The van der Waals surface area contributed by atoms with Crippen molar-refractivity contribution in [3.8, 4) is 0 Å². The van der Waals surface area contributed by atoms with Crippen LogP contribution in [0.25, 0.3) is 0 Å². The molecule has 2 aromatic rings. The van der Waals surface area contributed by atoms with Crippen LogP contribution in [-0.4, -0.2) is 12.7 Å². The molecule has 1 unspecified atom stereocenters. The lowest BCUT2D eigenvalue weighted by Crippen LogP contribution is -2.67. The van der Waals surface area contributed by atoms with Gasteiger partial charge in [-0.2, -0.15) is 10.4 Å². The minimum atomic E-state index is -0.240. The summed E-state index contributed by atoms with van der Waals surface area (Å²) in [6.07, 6.45) is 0. The van der Waals surface area contributed by atoms with E-state index in [0.717, 1.165) is 5.69 Å². The minimum Gasteiger partial charge on any atom is -0.282 e. The van der Waals surface area contributed by atoms with Crippen LogP contribution in [0.1, 0.15) is 19.4 Å². The average molecular weight is 268 g/mol. The van der Waals surface area contributed by atoms with E-state index in [1.165, 1.54) is 16.9 Å². The third-order valence-corrected chi connectivity index (χ3v) is 4.66. The Morgan fingerprint density at radius 3 is 2.15 bits per heavy atom. The first-order valence-corrected chi connectivity index (χ1v) is 6.98. The van der Waals surface area contributed by atoms with Crippen molar-refractivity contribution in [2.24, 2.45) is 5.84 Å². The molecule has 0 aromatic heterocycles. The number of nitrogens with two attached hydrogens (primary N) is 1. The molecule has 1 aliphatic heterocycles. The van der Waals surface area contributed by atoms with E-state index in [-0.39, 0.29) is 5.66 Å². The van der Waals surface area contributed by atoms with Gasteiger partial charge in [-0.05, 0) is 24.6 Å². The predicted octanol–water partition coefficient (Wildman–Crippen LogP) is 3.69. The summed E-state index contributed by atoms with van der Waals surface area (Å²) in [4.78, 5) is 2.36. The first-order chi connectivity index (χ1) is 9.37. The Hall–Kier alpha value is -1.84. The van der Waals surface area contributed by atoms with Crippen molar-refractivity contribution in [2.75, 3.05) is 11.9 Å². The molecule has 1 heterocycles. The number of rotatable bonds is 1. The number of quaternary nitrogens is 1. The smallest absolute Gasteiger partial charge is 0.195 e. The highest BCUT2D eigenvalue weighted by atomic mass is 15.7. The molecule has 0 saturated heterocycles. The SMILES string of the molecule is Cc1ccccc1N1c2ccccc2[N+](C)(N)C1(C)C. The third-order valence-electron chi connectivity index (χ3n) is 4.66. The molecule has 0 bridgehead atoms. The van der Waals surface area contributed by atoms with E-state index in [2.05, 4.69) is 81.2 Å². The molecular weight excluding hydrogens is 246 g/mol. The van der Waals surface area contributed by atoms with Crippen LogP contribution in [0.3, 0.4) is 0 Å². The maximum absolute atomic E-state index is 6.64. The van der Waals surface area contributed by atoms with E-state index in [0.29, 0.717) is 4.59 Å². The summed E-state index contributed by atoms with van der Waals surface area (Å²) in [7, 11) is 2.07. The fourth-order valence-electron chi connectivity index (χ4n) is 3.08. The highest BCUT2D eigenvalue weighted by Crippen LogP contribution is 2.51. The van der Waals surface area contributed by atoms with Crippen molar-refractivity contribution in [1.82, 2.24) is 4.59 Å². The van der Waals surface area contributed by atoms with Crippen LogP contribution in [0, 0.1) is 6.92 Å². The molecule has 2 N–H and O–H groups in total. The van der Waals surface area contributed by atoms with Crippen molar-refractivity contribution >= 4 is 17.1 Å². The van der Waals surface area contributed by atoms with Crippen LogP contribution in [-0.2, 0) is 0 Å². The van der Waals surface area contributed by atoms with Crippen molar-refractivity contribution in [3.63, 3.8) is 0 Å². The molecule has 3 nitrogen and oxygen atoms in total. The maximum Gasteiger partial charge on any atom is 0.195 e. The normalized spacial score (nSPS) is 23.8. The number of benzene rings is 2. The van der Waals surface area contributed by atoms with Gasteiger partial charge in [-0.25, -0.2) is 0 Å². The van der Waals surface area contributed by atoms with Crippen LogP contribution in [0.5, 0.6) is 0 Å². The number of anilines is 2. The zero-order chi connectivity index (χ0) is 14.5. The summed E-state index contributed by atoms with van der Waals surface area (Å²) in [5, 5.41) is 0.